The van der Waals surface area contributed by atoms with Crippen molar-refractivity contribution >= 4 is 19.7 Å². The lowest BCUT2D eigenvalue weighted by molar-refractivity contribution is -0.147. The van der Waals surface area contributed by atoms with Crippen molar-refractivity contribution in [3.63, 3.8) is 0 Å². The molecule has 0 heterocycles. The molecule has 2 unspecified atom stereocenters. The van der Waals surface area contributed by atoms with E-state index < -0.39 is 26.5 Å². The van der Waals surface area contributed by atoms with E-state index in [2.05, 4.69) is 55.6 Å². The van der Waals surface area contributed by atoms with Crippen molar-refractivity contribution in [1.82, 2.24) is 5.32 Å². The van der Waals surface area contributed by atoms with Crippen molar-refractivity contribution in [2.24, 2.45) is 0 Å². The van der Waals surface area contributed by atoms with Gasteiger partial charge >= 0.3 is 13.8 Å². The van der Waals surface area contributed by atoms with E-state index in [0.717, 1.165) is 70.6 Å². The Morgan fingerprint density at radius 2 is 0.982 bits per heavy atom. The van der Waals surface area contributed by atoms with Gasteiger partial charge in [0.05, 0.1) is 13.2 Å². The van der Waals surface area contributed by atoms with Crippen LogP contribution in [0.3, 0.4) is 0 Å². The molecule has 0 rings (SSSR count). The number of phosphoric acid groups is 1. The van der Waals surface area contributed by atoms with E-state index in [-0.39, 0.29) is 32.1 Å². The zero-order valence-corrected chi connectivity index (χ0v) is 37.7. The number of amides is 1. The number of hydrogen-bond donors (Lipinski definition) is 3. The molecule has 0 aliphatic carbocycles. The van der Waals surface area contributed by atoms with E-state index in [1.54, 1.807) is 0 Å². The lowest BCUT2D eigenvalue weighted by atomic mass is 10.0. The van der Waals surface area contributed by atoms with Gasteiger partial charge in [-0.1, -0.05) is 179 Å². The topological polar surface area (TPSA) is 131 Å². The molecule has 0 aromatic rings. The minimum absolute atomic E-state index is 0.0810. The molecule has 0 aliphatic rings. The van der Waals surface area contributed by atoms with Crippen LogP contribution in [0.4, 0.5) is 0 Å². The Morgan fingerprint density at radius 3 is 1.49 bits per heavy atom. The van der Waals surface area contributed by atoms with Crippen molar-refractivity contribution < 1.29 is 37.9 Å². The zero-order valence-electron chi connectivity index (χ0n) is 36.8. The molecule has 0 saturated carbocycles. The van der Waals surface area contributed by atoms with Crippen LogP contribution in [0.25, 0.3) is 0 Å². The number of aliphatic hydroxyl groups excluding tert-OH is 1. The normalized spacial score (nSPS) is 13.5. The maximum atomic E-state index is 12.1. The first-order valence-electron chi connectivity index (χ1n) is 23.5. The van der Waals surface area contributed by atoms with E-state index in [1.165, 1.54) is 122 Å². The van der Waals surface area contributed by atoms with E-state index in [9.17, 15) is 24.2 Å². The van der Waals surface area contributed by atoms with Crippen LogP contribution in [0.2, 0.25) is 0 Å². The average molecular weight is 826 g/mol. The number of unbranched alkanes of at least 4 members (excludes halogenated alkanes) is 25. The fraction of sp³-hybridized carbons (Fsp3) is 0.830. The Bertz CT molecular complexity index is 1030. The second kappa shape index (κ2) is 43.8. The van der Waals surface area contributed by atoms with Crippen LogP contribution in [-0.2, 0) is 27.9 Å². The van der Waals surface area contributed by atoms with Gasteiger partial charge in [-0.3, -0.25) is 18.6 Å². The Kier molecular flexibility index (Phi) is 42.4. The van der Waals surface area contributed by atoms with Crippen LogP contribution in [0, 0.1) is 0 Å². The van der Waals surface area contributed by atoms with Crippen LogP contribution in [0.15, 0.2) is 36.5 Å². The minimum atomic E-state index is -4.42. The van der Waals surface area contributed by atoms with Crippen molar-refractivity contribution in [3.8, 4) is 0 Å². The van der Waals surface area contributed by atoms with Crippen LogP contribution in [0.5, 0.6) is 0 Å². The summed E-state index contributed by atoms with van der Waals surface area (Å²) in [4.78, 5) is 33.9. The molecule has 9 nitrogen and oxygen atoms in total. The summed E-state index contributed by atoms with van der Waals surface area (Å²) in [6, 6.07) is 0. The van der Waals surface area contributed by atoms with E-state index in [4.69, 9.17) is 13.8 Å². The molecule has 57 heavy (non-hydrogen) atoms. The smallest absolute Gasteiger partial charge is 0.463 e. The van der Waals surface area contributed by atoms with Gasteiger partial charge in [0.1, 0.15) is 12.7 Å². The van der Waals surface area contributed by atoms with Gasteiger partial charge in [-0.25, -0.2) is 4.57 Å². The second-order valence-corrected chi connectivity index (χ2v) is 17.2. The first-order valence-corrected chi connectivity index (χ1v) is 25.0. The van der Waals surface area contributed by atoms with Crippen molar-refractivity contribution in [2.45, 2.75) is 225 Å². The molecular formula is C47H88NO8P. The molecule has 0 radical (unpaired) electrons. The van der Waals surface area contributed by atoms with Gasteiger partial charge in [0, 0.05) is 19.4 Å². The third-order valence-corrected chi connectivity index (χ3v) is 11.0. The summed E-state index contributed by atoms with van der Waals surface area (Å²) in [5.41, 5.74) is 0. The van der Waals surface area contributed by atoms with Gasteiger partial charge in [0.15, 0.2) is 0 Å². The summed E-state index contributed by atoms with van der Waals surface area (Å²) in [6.07, 6.45) is 49.4. The molecule has 0 aromatic carbocycles. The maximum Gasteiger partial charge on any atom is 0.472 e. The van der Waals surface area contributed by atoms with Crippen molar-refractivity contribution in [1.29, 1.82) is 0 Å². The fourth-order valence-corrected chi connectivity index (χ4v) is 7.23. The van der Waals surface area contributed by atoms with Gasteiger partial charge in [-0.15, -0.1) is 0 Å². The van der Waals surface area contributed by atoms with Gasteiger partial charge in [-0.05, 0) is 64.2 Å². The Labute approximate surface area is 350 Å². The standard InChI is InChI=1S/C47H88NO8P/c1-3-5-7-9-11-13-15-17-18-19-20-21-22-23-24-25-26-28-29-31-33-35-37-39-46(50)48-41-42-55-57(52,53)56-44-45(49)43-54-47(51)40-38-36-34-32-30-27-16-14-12-10-8-6-4-2/h8,10,14,16-18,45,49H,3-7,9,11-13,15,19-44H2,1-2H3,(H,48,50)(H,52,53)/b10-8-,16-14-,18-17+. The average Bonchev–Trinajstić information content (AvgIpc) is 3.20. The maximum absolute atomic E-state index is 12.1. The largest absolute Gasteiger partial charge is 0.472 e. The summed E-state index contributed by atoms with van der Waals surface area (Å²) in [5, 5.41) is 12.7. The Morgan fingerprint density at radius 1 is 0.544 bits per heavy atom. The van der Waals surface area contributed by atoms with Gasteiger partial charge < -0.3 is 20.1 Å². The van der Waals surface area contributed by atoms with E-state index in [1.807, 2.05) is 0 Å². The van der Waals surface area contributed by atoms with Gasteiger partial charge in [-0.2, -0.15) is 0 Å². The highest BCUT2D eigenvalue weighted by atomic mass is 31.2. The quantitative estimate of drug-likeness (QED) is 0.0239. The molecule has 2 atom stereocenters. The molecule has 0 bridgehead atoms. The van der Waals surface area contributed by atoms with Crippen molar-refractivity contribution in [2.75, 3.05) is 26.4 Å². The summed E-state index contributed by atoms with van der Waals surface area (Å²) in [5.74, 6) is -0.527. The van der Waals surface area contributed by atoms with Crippen molar-refractivity contribution in [3.05, 3.63) is 36.5 Å². The summed E-state index contributed by atoms with van der Waals surface area (Å²) >= 11 is 0. The highest BCUT2D eigenvalue weighted by molar-refractivity contribution is 7.47. The number of rotatable bonds is 44. The molecule has 0 spiro atoms. The van der Waals surface area contributed by atoms with Crippen LogP contribution < -0.4 is 5.32 Å². The van der Waals surface area contributed by atoms with Crippen LogP contribution in [0.1, 0.15) is 219 Å². The molecule has 334 valence electrons. The predicted octanol–water partition coefficient (Wildman–Crippen LogP) is 13.3. The van der Waals surface area contributed by atoms with Gasteiger partial charge in [0.2, 0.25) is 5.91 Å². The zero-order chi connectivity index (χ0) is 41.8. The molecular weight excluding hydrogens is 737 g/mol. The number of hydrogen-bond acceptors (Lipinski definition) is 7. The molecule has 0 fully saturated rings. The lowest BCUT2D eigenvalue weighted by Crippen LogP contribution is -2.27. The molecule has 10 heteroatoms. The number of phosphoric ester groups is 1. The molecule has 0 aromatic heterocycles. The monoisotopic (exact) mass is 826 g/mol. The number of ether oxygens (including phenoxy) is 1. The third-order valence-electron chi connectivity index (χ3n) is 10.0. The first-order chi connectivity index (χ1) is 27.8. The van der Waals surface area contributed by atoms with Gasteiger partial charge in [0.25, 0.3) is 0 Å². The van der Waals surface area contributed by atoms with Crippen LogP contribution >= 0.6 is 7.82 Å². The van der Waals surface area contributed by atoms with E-state index >= 15 is 0 Å². The SMILES string of the molecule is CCC/C=C\C/C=C\CCCCCCCC(=O)OCC(O)COP(=O)(O)OCCNC(=O)CCCCCCCCCCCCCCC/C=C/CCCCCCCC. The second-order valence-electron chi connectivity index (χ2n) is 15.7. The third kappa shape index (κ3) is 45.2. The molecule has 0 saturated heterocycles. The van der Waals surface area contributed by atoms with Crippen LogP contribution in [-0.4, -0.2) is 54.3 Å². The number of carbonyl (C=O) groups excluding carboxylic acids is 2. The predicted molar refractivity (Wildman–Crippen MR) is 238 cm³/mol. The Balaban J connectivity index is 3.54. The number of nitrogens with one attached hydrogen (secondary N) is 1. The number of aliphatic hydroxyl groups is 1. The lowest BCUT2D eigenvalue weighted by Gasteiger charge is -2.15. The molecule has 1 amide bonds. The number of allylic oxidation sites excluding steroid dienone is 6. The van der Waals surface area contributed by atoms with E-state index in [0.29, 0.717) is 6.42 Å². The summed E-state index contributed by atoms with van der Waals surface area (Å²) in [7, 11) is -4.42. The molecule has 3 N–H and O–H groups in total. The molecule has 0 aliphatic heterocycles. The number of carbonyl (C=O) groups is 2. The Hall–Kier alpha value is -1.77. The summed E-state index contributed by atoms with van der Waals surface area (Å²) in [6.45, 7) is 3.48. The highest BCUT2D eigenvalue weighted by Gasteiger charge is 2.23. The fourth-order valence-electron chi connectivity index (χ4n) is 6.47. The summed E-state index contributed by atoms with van der Waals surface area (Å²) < 4.78 is 26.9. The number of esters is 1. The minimum Gasteiger partial charge on any atom is -0.463 e. The highest BCUT2D eigenvalue weighted by Crippen LogP contribution is 2.42. The first kappa shape index (κ1) is 55.2.